The highest BCUT2D eigenvalue weighted by Gasteiger charge is 2.42. The van der Waals surface area contributed by atoms with Gasteiger partial charge in [-0.1, -0.05) is 36.4 Å². The first-order valence-corrected chi connectivity index (χ1v) is 12.4. The molecule has 5 rings (SSSR count). The van der Waals surface area contributed by atoms with Crippen LogP contribution in [0, 0.1) is 0 Å². The second kappa shape index (κ2) is 10.5. The Balaban J connectivity index is 1.55. The van der Waals surface area contributed by atoms with Crippen LogP contribution in [0.4, 0.5) is 0 Å². The molecule has 1 N–H and O–H groups in total. The quantitative estimate of drug-likeness (QED) is 0.507. The summed E-state index contributed by atoms with van der Waals surface area (Å²) in [4.78, 5) is 17.9. The van der Waals surface area contributed by atoms with E-state index >= 15 is 0 Å². The molecule has 0 bridgehead atoms. The number of nitrogens with one attached hydrogen (secondary N) is 1. The largest absolute Gasteiger partial charge is 0.490 e. The number of H-pyrrole nitrogens is 1. The van der Waals surface area contributed by atoms with Crippen LogP contribution in [0.1, 0.15) is 41.5 Å². The molecule has 8 nitrogen and oxygen atoms in total. The molecule has 1 aromatic heterocycles. The molecule has 8 heteroatoms. The zero-order valence-corrected chi connectivity index (χ0v) is 20.3. The lowest BCUT2D eigenvalue weighted by Gasteiger charge is -2.31. The molecule has 35 heavy (non-hydrogen) atoms. The van der Waals surface area contributed by atoms with Gasteiger partial charge in [-0.05, 0) is 31.5 Å². The average Bonchev–Trinajstić information content (AvgIpc) is 3.44. The summed E-state index contributed by atoms with van der Waals surface area (Å²) in [6.07, 6.45) is 0. The van der Waals surface area contributed by atoms with Crippen molar-refractivity contribution >= 4 is 5.91 Å². The molecule has 3 heterocycles. The van der Waals surface area contributed by atoms with Gasteiger partial charge in [-0.2, -0.15) is 5.10 Å². The van der Waals surface area contributed by atoms with Crippen molar-refractivity contribution in [3.63, 3.8) is 0 Å². The normalized spacial score (nSPS) is 18.1. The lowest BCUT2D eigenvalue weighted by molar-refractivity contribution is 0.0316. The van der Waals surface area contributed by atoms with E-state index in [4.69, 9.17) is 14.2 Å². The van der Waals surface area contributed by atoms with E-state index in [1.807, 2.05) is 67.3 Å². The third kappa shape index (κ3) is 4.63. The van der Waals surface area contributed by atoms with E-state index in [9.17, 15) is 4.79 Å². The topological polar surface area (TPSA) is 79.9 Å². The fraction of sp³-hybridized carbons (Fsp3) is 0.407. The van der Waals surface area contributed by atoms with Crippen LogP contribution in [0.2, 0.25) is 0 Å². The molecule has 184 valence electrons. The molecule has 2 aliphatic heterocycles. The van der Waals surface area contributed by atoms with E-state index in [-0.39, 0.29) is 11.9 Å². The monoisotopic (exact) mass is 476 g/mol. The lowest BCUT2D eigenvalue weighted by Crippen LogP contribution is -2.42. The zero-order chi connectivity index (χ0) is 24.2. The van der Waals surface area contributed by atoms with Gasteiger partial charge >= 0.3 is 0 Å². The molecule has 1 atom stereocenters. The molecule has 0 aliphatic carbocycles. The van der Waals surface area contributed by atoms with Crippen molar-refractivity contribution in [2.75, 3.05) is 52.6 Å². The molecular formula is C27H32N4O4. The maximum Gasteiger partial charge on any atom is 0.273 e. The summed E-state index contributed by atoms with van der Waals surface area (Å²) in [6.45, 7) is 9.62. The van der Waals surface area contributed by atoms with Crippen LogP contribution in [-0.4, -0.2) is 78.5 Å². The third-order valence-corrected chi connectivity index (χ3v) is 6.56. The summed E-state index contributed by atoms with van der Waals surface area (Å²) < 4.78 is 17.2. The molecule has 1 amide bonds. The molecule has 2 aliphatic rings. The Morgan fingerprint density at radius 2 is 1.74 bits per heavy atom. The highest BCUT2D eigenvalue weighted by Crippen LogP contribution is 2.44. The maximum absolute atomic E-state index is 13.6. The molecule has 0 spiro atoms. The molecule has 2 aromatic carbocycles. The van der Waals surface area contributed by atoms with Crippen LogP contribution in [0.25, 0.3) is 11.3 Å². The predicted octanol–water partition coefficient (Wildman–Crippen LogP) is 3.75. The average molecular weight is 477 g/mol. The minimum absolute atomic E-state index is 0.0280. The molecule has 0 saturated carbocycles. The van der Waals surface area contributed by atoms with E-state index in [1.165, 1.54) is 0 Å². The number of amides is 1. The van der Waals surface area contributed by atoms with Gasteiger partial charge in [0, 0.05) is 37.3 Å². The number of carbonyl (C=O) groups excluding carboxylic acids is 1. The van der Waals surface area contributed by atoms with Crippen LogP contribution in [0.3, 0.4) is 0 Å². The van der Waals surface area contributed by atoms with Crippen molar-refractivity contribution in [1.29, 1.82) is 0 Å². The van der Waals surface area contributed by atoms with Gasteiger partial charge < -0.3 is 19.1 Å². The molecule has 1 fully saturated rings. The Morgan fingerprint density at radius 3 is 2.49 bits per heavy atom. The Hall–Kier alpha value is -3.36. The predicted molar refractivity (Wildman–Crippen MR) is 133 cm³/mol. The third-order valence-electron chi connectivity index (χ3n) is 6.56. The number of aromatic amines is 1. The fourth-order valence-electron chi connectivity index (χ4n) is 4.90. The number of nitrogens with zero attached hydrogens (tertiary/aromatic N) is 3. The van der Waals surface area contributed by atoms with Crippen LogP contribution in [-0.2, 0) is 4.74 Å². The molecule has 1 saturated heterocycles. The lowest BCUT2D eigenvalue weighted by atomic mass is 9.95. The Labute approximate surface area is 205 Å². The summed E-state index contributed by atoms with van der Waals surface area (Å²) in [5, 5.41) is 7.61. The van der Waals surface area contributed by atoms with Crippen molar-refractivity contribution in [2.45, 2.75) is 19.9 Å². The number of carbonyl (C=O) groups is 1. The fourth-order valence-corrected chi connectivity index (χ4v) is 4.90. The Kier molecular flexibility index (Phi) is 7.01. The first-order valence-electron chi connectivity index (χ1n) is 12.4. The first-order chi connectivity index (χ1) is 17.2. The van der Waals surface area contributed by atoms with Crippen LogP contribution in [0.15, 0.2) is 48.5 Å². The van der Waals surface area contributed by atoms with E-state index in [0.29, 0.717) is 37.0 Å². The minimum Gasteiger partial charge on any atom is -0.490 e. The summed E-state index contributed by atoms with van der Waals surface area (Å²) >= 11 is 0. The molecule has 1 unspecified atom stereocenters. The van der Waals surface area contributed by atoms with Gasteiger partial charge in [-0.3, -0.25) is 14.8 Å². The van der Waals surface area contributed by atoms with Gasteiger partial charge in [0.15, 0.2) is 11.5 Å². The van der Waals surface area contributed by atoms with E-state index < -0.39 is 0 Å². The second-order valence-corrected chi connectivity index (χ2v) is 8.65. The van der Waals surface area contributed by atoms with Gasteiger partial charge in [0.05, 0.1) is 38.2 Å². The minimum atomic E-state index is -0.276. The maximum atomic E-state index is 13.6. The zero-order valence-electron chi connectivity index (χ0n) is 20.3. The molecule has 0 radical (unpaired) electrons. The Bertz CT molecular complexity index is 1160. The van der Waals surface area contributed by atoms with Crippen LogP contribution in [0.5, 0.6) is 11.5 Å². The number of rotatable bonds is 9. The van der Waals surface area contributed by atoms with E-state index in [1.54, 1.807) is 0 Å². The van der Waals surface area contributed by atoms with E-state index in [2.05, 4.69) is 15.1 Å². The number of aromatic nitrogens is 2. The highest BCUT2D eigenvalue weighted by atomic mass is 16.5. The number of fused-ring (bicyclic) bond motifs is 1. The highest BCUT2D eigenvalue weighted by molar-refractivity contribution is 6.00. The number of ether oxygens (including phenoxy) is 3. The second-order valence-electron chi connectivity index (χ2n) is 8.65. The SMILES string of the molecule is CCOc1ccc(C2c3c(-c4ccccc4)n[nH]c3C(=O)N2CCN2CCOCC2)cc1OCC. The van der Waals surface area contributed by atoms with Crippen LogP contribution < -0.4 is 9.47 Å². The summed E-state index contributed by atoms with van der Waals surface area (Å²) in [7, 11) is 0. The van der Waals surface area contributed by atoms with Gasteiger partial charge in [0.2, 0.25) is 0 Å². The van der Waals surface area contributed by atoms with Crippen molar-refractivity contribution in [3.8, 4) is 22.8 Å². The standard InChI is InChI=1S/C27H32N4O4/c1-3-34-21-11-10-20(18-22(21)35-4-2)26-23-24(19-8-6-5-7-9-19)28-29-25(23)27(32)31(26)13-12-30-14-16-33-17-15-30/h5-11,18,26H,3-4,12-17H2,1-2H3,(H,28,29). The number of hydrogen-bond acceptors (Lipinski definition) is 6. The number of hydrogen-bond donors (Lipinski definition) is 1. The number of benzene rings is 2. The summed E-state index contributed by atoms with van der Waals surface area (Å²) in [5.74, 6) is 1.36. The van der Waals surface area contributed by atoms with Crippen molar-refractivity contribution in [3.05, 3.63) is 65.4 Å². The van der Waals surface area contributed by atoms with Crippen molar-refractivity contribution in [2.24, 2.45) is 0 Å². The summed E-state index contributed by atoms with van der Waals surface area (Å²) in [6, 6.07) is 15.7. The van der Waals surface area contributed by atoms with E-state index in [0.717, 1.165) is 55.2 Å². The van der Waals surface area contributed by atoms with Gasteiger partial charge in [0.1, 0.15) is 5.69 Å². The molecule has 3 aromatic rings. The van der Waals surface area contributed by atoms with Gasteiger partial charge in [-0.15, -0.1) is 0 Å². The van der Waals surface area contributed by atoms with Gasteiger partial charge in [0.25, 0.3) is 5.91 Å². The molecular weight excluding hydrogens is 444 g/mol. The number of morpholine rings is 1. The van der Waals surface area contributed by atoms with Crippen molar-refractivity contribution < 1.29 is 19.0 Å². The first kappa shape index (κ1) is 23.4. The van der Waals surface area contributed by atoms with Gasteiger partial charge in [-0.25, -0.2) is 0 Å². The smallest absolute Gasteiger partial charge is 0.273 e. The van der Waals surface area contributed by atoms with Crippen LogP contribution >= 0.6 is 0 Å². The summed E-state index contributed by atoms with van der Waals surface area (Å²) in [5.41, 5.74) is 4.23. The Morgan fingerprint density at radius 1 is 1.00 bits per heavy atom. The van der Waals surface area contributed by atoms with Crippen molar-refractivity contribution in [1.82, 2.24) is 20.0 Å².